The molecular weight excluding hydrogens is 156 g/mol. The van der Waals surface area contributed by atoms with Crippen molar-refractivity contribution in [2.24, 2.45) is 0 Å². The van der Waals surface area contributed by atoms with Crippen LogP contribution < -0.4 is 9.47 Å². The molecule has 1 rings (SSSR count). The third-order valence-electron chi connectivity index (χ3n) is 1.29. The highest BCUT2D eigenvalue weighted by atomic mass is 16.5. The first kappa shape index (κ1) is 5.19. The first-order chi connectivity index (χ1) is 7.08. The Kier molecular flexibility index (Phi) is 1.63. The van der Waals surface area contributed by atoms with Crippen LogP contribution in [0.15, 0.2) is 18.1 Å². The normalized spacial score (nSPS) is 12.7. The summed E-state index contributed by atoms with van der Waals surface area (Å²) in [6, 6.07) is -0.814. The Morgan fingerprint density at radius 2 is 2.00 bits per heavy atom. The van der Waals surface area contributed by atoms with Gasteiger partial charge in [0.2, 0.25) is 0 Å². The maximum absolute atomic E-state index is 10.6. The van der Waals surface area contributed by atoms with Crippen LogP contribution in [0, 0.1) is 0 Å². The lowest BCUT2D eigenvalue weighted by molar-refractivity contribution is 0.112. The van der Waals surface area contributed by atoms with Crippen molar-refractivity contribution in [1.82, 2.24) is 0 Å². The maximum atomic E-state index is 10.6. The molecule has 0 N–H and O–H groups in total. The summed E-state index contributed by atoms with van der Waals surface area (Å²) in [5.41, 5.74) is -0.169. The number of carbonyl (C=O) groups is 1. The number of carbonyl (C=O) groups excluding carboxylic acids is 1. The molecule has 0 amide bonds. The van der Waals surface area contributed by atoms with E-state index in [1.807, 2.05) is 0 Å². The zero-order valence-corrected chi connectivity index (χ0v) is 6.80. The number of ether oxygens (including phenoxy) is 2. The van der Waals surface area contributed by atoms with E-state index >= 15 is 0 Å². The van der Waals surface area contributed by atoms with Gasteiger partial charge >= 0.3 is 0 Å². The lowest BCUT2D eigenvalue weighted by atomic mass is 10.2. The Bertz CT molecular complexity index is 404. The maximum Gasteiger partial charge on any atom is 0.161 e. The molecule has 0 aromatic heterocycles. The minimum atomic E-state index is -0.326. The van der Waals surface area contributed by atoms with Crippen LogP contribution in [0.5, 0.6) is 11.5 Å². The number of rotatable bonds is 3. The van der Waals surface area contributed by atoms with E-state index in [0.29, 0.717) is 6.29 Å². The molecule has 3 nitrogen and oxygen atoms in total. The summed E-state index contributed by atoms with van der Waals surface area (Å²) in [6.07, 6.45) is 0.366. The van der Waals surface area contributed by atoms with E-state index in [1.165, 1.54) is 14.2 Å². The van der Waals surface area contributed by atoms with Crippen LogP contribution in [0.3, 0.4) is 0 Å². The Morgan fingerprint density at radius 1 is 1.33 bits per heavy atom. The van der Waals surface area contributed by atoms with E-state index < -0.39 is 0 Å². The predicted molar refractivity (Wildman–Crippen MR) is 44.9 cm³/mol. The summed E-state index contributed by atoms with van der Waals surface area (Å²) in [5, 5.41) is 0. The van der Waals surface area contributed by atoms with Gasteiger partial charge in [-0.25, -0.2) is 0 Å². The average Bonchev–Trinajstić information content (AvgIpc) is 2.23. The number of aldehydes is 1. The monoisotopic (exact) mass is 169 g/mol. The van der Waals surface area contributed by atoms with Gasteiger partial charge in [-0.2, -0.15) is 0 Å². The predicted octanol–water partition coefficient (Wildman–Crippen LogP) is 1.52. The summed E-state index contributed by atoms with van der Waals surface area (Å²) in [6.45, 7) is 0. The fraction of sp³-hybridized carbons (Fsp3) is 0.222. The largest absolute Gasteiger partial charge is 0.493 e. The first-order valence-electron chi connectivity index (χ1n) is 4.75. The fourth-order valence-electron chi connectivity index (χ4n) is 0.738. The van der Waals surface area contributed by atoms with Gasteiger partial charge in [0.1, 0.15) is 6.29 Å². The molecule has 0 unspecified atom stereocenters. The highest BCUT2D eigenvalue weighted by molar-refractivity contribution is 5.76. The summed E-state index contributed by atoms with van der Waals surface area (Å²) < 4.78 is 32.3. The second-order valence-corrected chi connectivity index (χ2v) is 1.97. The fourth-order valence-corrected chi connectivity index (χ4v) is 0.738. The molecule has 0 saturated carbocycles. The molecule has 0 aliphatic carbocycles. The standard InChI is InChI=1S/C9H10O3/c1-11-8-4-3-7(6-10)5-9(8)12-2/h3-6H,1-2H3/i3D,4D,5D. The van der Waals surface area contributed by atoms with Crippen molar-refractivity contribution >= 4 is 6.29 Å². The van der Waals surface area contributed by atoms with E-state index in [2.05, 4.69) is 0 Å². The van der Waals surface area contributed by atoms with Crippen LogP contribution in [0.4, 0.5) is 0 Å². The van der Waals surface area contributed by atoms with Gasteiger partial charge in [-0.1, -0.05) is 0 Å². The van der Waals surface area contributed by atoms with Crippen molar-refractivity contribution in [2.75, 3.05) is 14.2 Å². The molecule has 3 heteroatoms. The van der Waals surface area contributed by atoms with Crippen molar-refractivity contribution in [3.05, 3.63) is 23.7 Å². The van der Waals surface area contributed by atoms with Gasteiger partial charge in [-0.05, 0) is 18.1 Å². The minimum Gasteiger partial charge on any atom is -0.493 e. The van der Waals surface area contributed by atoms with E-state index in [0.717, 1.165) is 0 Å². The lowest BCUT2D eigenvalue weighted by Crippen LogP contribution is -1.91. The molecule has 0 bridgehead atoms. The van der Waals surface area contributed by atoms with Crippen LogP contribution in [-0.4, -0.2) is 20.5 Å². The van der Waals surface area contributed by atoms with E-state index in [9.17, 15) is 4.79 Å². The molecule has 0 fully saturated rings. The van der Waals surface area contributed by atoms with Gasteiger partial charge in [-0.3, -0.25) is 4.79 Å². The molecule has 0 saturated heterocycles. The highest BCUT2D eigenvalue weighted by Gasteiger charge is 2.02. The molecule has 64 valence electrons. The second-order valence-electron chi connectivity index (χ2n) is 1.97. The lowest BCUT2D eigenvalue weighted by Gasteiger charge is -2.06. The van der Waals surface area contributed by atoms with Crippen molar-refractivity contribution in [3.63, 3.8) is 0 Å². The molecule has 0 spiro atoms. The molecule has 0 radical (unpaired) electrons. The molecule has 0 aliphatic rings. The van der Waals surface area contributed by atoms with Crippen LogP contribution >= 0.6 is 0 Å². The van der Waals surface area contributed by atoms with Gasteiger partial charge in [0, 0.05) is 5.56 Å². The number of hydrogen-bond donors (Lipinski definition) is 0. The Morgan fingerprint density at radius 3 is 2.50 bits per heavy atom. The zero-order valence-electron chi connectivity index (χ0n) is 9.80. The van der Waals surface area contributed by atoms with Gasteiger partial charge in [-0.15, -0.1) is 0 Å². The van der Waals surface area contributed by atoms with Gasteiger partial charge in [0.25, 0.3) is 0 Å². The molecule has 0 aliphatic heterocycles. The first-order valence-corrected chi connectivity index (χ1v) is 3.25. The van der Waals surface area contributed by atoms with Gasteiger partial charge in [0.05, 0.1) is 18.3 Å². The smallest absolute Gasteiger partial charge is 0.161 e. The topological polar surface area (TPSA) is 35.5 Å². The third-order valence-corrected chi connectivity index (χ3v) is 1.29. The summed E-state index contributed by atoms with van der Waals surface area (Å²) >= 11 is 0. The summed E-state index contributed by atoms with van der Waals surface area (Å²) in [4.78, 5) is 10.6. The molecule has 0 heterocycles. The Hall–Kier alpha value is -1.51. The van der Waals surface area contributed by atoms with Crippen molar-refractivity contribution in [3.8, 4) is 11.5 Å². The molecular formula is C9H10O3. The third kappa shape index (κ3) is 1.56. The van der Waals surface area contributed by atoms with E-state index in [4.69, 9.17) is 13.6 Å². The highest BCUT2D eigenvalue weighted by Crippen LogP contribution is 2.26. The van der Waals surface area contributed by atoms with Crippen LogP contribution in [-0.2, 0) is 0 Å². The second kappa shape index (κ2) is 3.76. The average molecular weight is 169 g/mol. The Labute approximate surface area is 75.1 Å². The van der Waals surface area contributed by atoms with E-state index in [-0.39, 0.29) is 35.2 Å². The quantitative estimate of drug-likeness (QED) is 0.643. The number of benzene rings is 1. The molecule has 1 aromatic rings. The zero-order chi connectivity index (χ0) is 11.6. The van der Waals surface area contributed by atoms with Crippen molar-refractivity contribution in [2.45, 2.75) is 0 Å². The van der Waals surface area contributed by atoms with Crippen LogP contribution in [0.2, 0.25) is 0 Å². The van der Waals surface area contributed by atoms with Crippen LogP contribution in [0.1, 0.15) is 14.5 Å². The molecule has 0 atom stereocenters. The van der Waals surface area contributed by atoms with Crippen molar-refractivity contribution in [1.29, 1.82) is 0 Å². The SMILES string of the molecule is [2H]c1c([2H])c(OC)c(OC)c([2H])c1C=O. The molecule has 1 aromatic carbocycles. The van der Waals surface area contributed by atoms with Gasteiger partial charge in [0.15, 0.2) is 11.5 Å². The summed E-state index contributed by atoms with van der Waals surface area (Å²) in [7, 11) is 2.63. The van der Waals surface area contributed by atoms with Gasteiger partial charge < -0.3 is 9.47 Å². The number of hydrogen-bond acceptors (Lipinski definition) is 3. The minimum absolute atomic E-state index is 0.000556. The van der Waals surface area contributed by atoms with Crippen molar-refractivity contribution < 1.29 is 18.4 Å². The Balaban J connectivity index is 3.64. The summed E-state index contributed by atoms with van der Waals surface area (Å²) in [5.74, 6) is -0.00120. The van der Waals surface area contributed by atoms with E-state index in [1.54, 1.807) is 0 Å². The molecule has 12 heavy (non-hydrogen) atoms. The van der Waals surface area contributed by atoms with Crippen LogP contribution in [0.25, 0.3) is 0 Å². The number of methoxy groups -OCH3 is 2.